The number of anilines is 1. The minimum atomic E-state index is -0.265. The third-order valence-electron chi connectivity index (χ3n) is 4.68. The average Bonchev–Trinajstić information content (AvgIpc) is 2.49. The topological polar surface area (TPSA) is 58.4 Å². The molecule has 0 saturated heterocycles. The lowest BCUT2D eigenvalue weighted by molar-refractivity contribution is -0.122. The van der Waals surface area contributed by atoms with Crippen molar-refractivity contribution in [3.05, 3.63) is 35.4 Å². The molecule has 4 heteroatoms. The molecule has 1 aromatic carbocycles. The van der Waals surface area contributed by atoms with Crippen LogP contribution in [-0.4, -0.2) is 17.5 Å². The Balaban J connectivity index is 2.60. The van der Waals surface area contributed by atoms with Crippen molar-refractivity contribution in [1.82, 2.24) is 5.43 Å². The summed E-state index contributed by atoms with van der Waals surface area (Å²) in [7, 11) is 0. The molecule has 3 N–H and O–H groups in total. The van der Waals surface area contributed by atoms with E-state index in [1.54, 1.807) is 0 Å². The van der Waals surface area contributed by atoms with Crippen LogP contribution in [0.5, 0.6) is 0 Å². The van der Waals surface area contributed by atoms with Crippen LogP contribution in [0.25, 0.3) is 5.57 Å². The normalized spacial score (nSPS) is 17.3. The van der Waals surface area contributed by atoms with Gasteiger partial charge in [0.05, 0.1) is 5.54 Å². The van der Waals surface area contributed by atoms with Crippen LogP contribution in [0.4, 0.5) is 5.69 Å². The van der Waals surface area contributed by atoms with Crippen LogP contribution in [0, 0.1) is 6.92 Å². The highest BCUT2D eigenvalue weighted by atomic mass is 16.2. The fraction of sp³-hybridized carbons (Fsp3) is 0.526. The fourth-order valence-electron chi connectivity index (χ4n) is 3.69. The van der Waals surface area contributed by atoms with Gasteiger partial charge in [0.2, 0.25) is 0 Å². The molecule has 0 radical (unpaired) electrons. The maximum absolute atomic E-state index is 12.5. The van der Waals surface area contributed by atoms with Gasteiger partial charge in [-0.3, -0.25) is 10.2 Å². The molecular weight excluding hydrogens is 286 g/mol. The van der Waals surface area contributed by atoms with Crippen molar-refractivity contribution in [2.24, 2.45) is 5.84 Å². The van der Waals surface area contributed by atoms with Gasteiger partial charge in [0.25, 0.3) is 5.91 Å². The van der Waals surface area contributed by atoms with E-state index < -0.39 is 0 Å². The molecule has 1 aliphatic heterocycles. The van der Waals surface area contributed by atoms with Crippen LogP contribution < -0.4 is 16.2 Å². The van der Waals surface area contributed by atoms with Gasteiger partial charge in [0.1, 0.15) is 6.04 Å². The number of aryl methyl sites for hydroxylation is 1. The van der Waals surface area contributed by atoms with Crippen LogP contribution in [0.3, 0.4) is 0 Å². The molecule has 0 fully saturated rings. The molecular formula is C19H29N3O. The van der Waals surface area contributed by atoms with E-state index in [-0.39, 0.29) is 17.5 Å². The van der Waals surface area contributed by atoms with Crippen molar-refractivity contribution in [1.29, 1.82) is 0 Å². The summed E-state index contributed by atoms with van der Waals surface area (Å²) in [6.45, 7) is 10.7. The summed E-state index contributed by atoms with van der Waals surface area (Å²) < 4.78 is 0. The van der Waals surface area contributed by atoms with E-state index in [4.69, 9.17) is 5.84 Å². The molecule has 4 nitrogen and oxygen atoms in total. The highest BCUT2D eigenvalue weighted by Crippen LogP contribution is 2.42. The zero-order chi connectivity index (χ0) is 17.2. The zero-order valence-electron chi connectivity index (χ0n) is 14.9. The SMILES string of the molecule is CCCC[C@H](C(=O)NN)N1c2c(C)cccc2C(C)=CC1(C)C. The van der Waals surface area contributed by atoms with Crippen LogP contribution in [0.2, 0.25) is 0 Å². The monoisotopic (exact) mass is 315 g/mol. The maximum atomic E-state index is 12.5. The molecule has 1 amide bonds. The number of fused-ring (bicyclic) bond motifs is 1. The molecule has 1 aromatic rings. The highest BCUT2D eigenvalue weighted by molar-refractivity contribution is 5.90. The first kappa shape index (κ1) is 17.5. The summed E-state index contributed by atoms with van der Waals surface area (Å²) in [5.74, 6) is 5.37. The molecule has 0 saturated carbocycles. The van der Waals surface area contributed by atoms with Crippen molar-refractivity contribution in [2.75, 3.05) is 4.90 Å². The number of nitrogens with two attached hydrogens (primary N) is 1. The van der Waals surface area contributed by atoms with E-state index in [1.807, 2.05) is 0 Å². The summed E-state index contributed by atoms with van der Waals surface area (Å²) in [6, 6.07) is 6.05. The van der Waals surface area contributed by atoms with Crippen LogP contribution in [0.15, 0.2) is 24.3 Å². The third-order valence-corrected chi connectivity index (χ3v) is 4.68. The first-order valence-corrected chi connectivity index (χ1v) is 8.42. The lowest BCUT2D eigenvalue weighted by Crippen LogP contribution is -2.58. The highest BCUT2D eigenvalue weighted by Gasteiger charge is 2.39. The summed E-state index contributed by atoms with van der Waals surface area (Å²) in [4.78, 5) is 14.8. The average molecular weight is 315 g/mol. The lowest BCUT2D eigenvalue weighted by atomic mass is 9.85. The number of hydrogen-bond donors (Lipinski definition) is 2. The van der Waals surface area contributed by atoms with Crippen molar-refractivity contribution in [3.8, 4) is 0 Å². The number of rotatable bonds is 5. The number of nitrogens with one attached hydrogen (secondary N) is 1. The van der Waals surface area contributed by atoms with E-state index in [0.29, 0.717) is 0 Å². The minimum Gasteiger partial charge on any atom is -0.350 e. The lowest BCUT2D eigenvalue weighted by Gasteiger charge is -2.47. The number of benzene rings is 1. The third kappa shape index (κ3) is 3.27. The summed E-state index contributed by atoms with van der Waals surface area (Å²) in [5, 5.41) is 0. The first-order valence-electron chi connectivity index (χ1n) is 8.42. The van der Waals surface area contributed by atoms with Crippen LogP contribution in [-0.2, 0) is 4.79 Å². The number of carbonyl (C=O) groups is 1. The van der Waals surface area contributed by atoms with Crippen LogP contribution >= 0.6 is 0 Å². The molecule has 1 aliphatic rings. The van der Waals surface area contributed by atoms with Crippen molar-refractivity contribution in [3.63, 3.8) is 0 Å². The predicted octanol–water partition coefficient (Wildman–Crippen LogP) is 3.55. The van der Waals surface area contributed by atoms with Crippen molar-refractivity contribution < 1.29 is 4.79 Å². The number of allylic oxidation sites excluding steroid dienone is 1. The quantitative estimate of drug-likeness (QED) is 0.496. The van der Waals surface area contributed by atoms with Gasteiger partial charge in [-0.05, 0) is 45.3 Å². The Morgan fingerprint density at radius 3 is 2.65 bits per heavy atom. The van der Waals surface area contributed by atoms with Gasteiger partial charge in [-0.1, -0.05) is 44.0 Å². The van der Waals surface area contributed by atoms with E-state index in [2.05, 4.69) is 69.2 Å². The number of amides is 1. The Morgan fingerprint density at radius 1 is 1.35 bits per heavy atom. The van der Waals surface area contributed by atoms with Gasteiger partial charge in [-0.25, -0.2) is 5.84 Å². The second-order valence-corrected chi connectivity index (χ2v) is 6.99. The molecule has 2 rings (SSSR count). The molecule has 1 heterocycles. The minimum absolute atomic E-state index is 0.117. The second-order valence-electron chi connectivity index (χ2n) is 6.99. The van der Waals surface area contributed by atoms with Crippen molar-refractivity contribution >= 4 is 17.2 Å². The van der Waals surface area contributed by atoms with Gasteiger partial charge in [0.15, 0.2) is 0 Å². The number of carbonyl (C=O) groups excluding carboxylic acids is 1. The number of nitrogens with zero attached hydrogens (tertiary/aromatic N) is 1. The summed E-state index contributed by atoms with van der Waals surface area (Å²) in [6.07, 6.45) is 5.09. The van der Waals surface area contributed by atoms with Gasteiger partial charge in [0, 0.05) is 11.3 Å². The van der Waals surface area contributed by atoms with Crippen molar-refractivity contribution in [2.45, 2.75) is 65.5 Å². The Labute approximate surface area is 139 Å². The van der Waals surface area contributed by atoms with E-state index in [1.165, 1.54) is 16.7 Å². The standard InChI is InChI=1S/C19H29N3O/c1-6-7-11-16(18(23)21-20)22-17-13(2)9-8-10-15(17)14(3)12-19(22,4)5/h8-10,12,16H,6-7,11,20H2,1-5H3,(H,21,23)/t16-/m1/s1. The van der Waals surface area contributed by atoms with E-state index in [0.717, 1.165) is 24.9 Å². The zero-order valence-corrected chi connectivity index (χ0v) is 14.9. The molecule has 0 unspecified atom stereocenters. The Bertz CT molecular complexity index is 619. The van der Waals surface area contributed by atoms with Gasteiger partial charge < -0.3 is 4.90 Å². The Hall–Kier alpha value is -1.81. The number of hydrazine groups is 1. The van der Waals surface area contributed by atoms with E-state index in [9.17, 15) is 4.79 Å². The first-order chi connectivity index (χ1) is 10.8. The number of unbranched alkanes of at least 4 members (excludes halogenated alkanes) is 1. The predicted molar refractivity (Wildman–Crippen MR) is 97.0 cm³/mol. The largest absolute Gasteiger partial charge is 0.350 e. The fourth-order valence-corrected chi connectivity index (χ4v) is 3.69. The molecule has 1 atom stereocenters. The van der Waals surface area contributed by atoms with E-state index >= 15 is 0 Å². The summed E-state index contributed by atoms with van der Waals surface area (Å²) in [5.41, 5.74) is 6.93. The number of para-hydroxylation sites is 1. The molecule has 0 spiro atoms. The Kier molecular flexibility index (Phi) is 5.15. The maximum Gasteiger partial charge on any atom is 0.256 e. The molecule has 126 valence electrons. The Morgan fingerprint density at radius 2 is 2.04 bits per heavy atom. The second kappa shape index (κ2) is 6.75. The van der Waals surface area contributed by atoms with Gasteiger partial charge in [-0.2, -0.15) is 0 Å². The molecule has 0 aromatic heterocycles. The smallest absolute Gasteiger partial charge is 0.256 e. The van der Waals surface area contributed by atoms with Gasteiger partial charge in [-0.15, -0.1) is 0 Å². The molecule has 0 aliphatic carbocycles. The molecule has 0 bridgehead atoms. The molecule has 23 heavy (non-hydrogen) atoms. The van der Waals surface area contributed by atoms with Crippen LogP contribution in [0.1, 0.15) is 58.1 Å². The number of hydrogen-bond acceptors (Lipinski definition) is 3. The van der Waals surface area contributed by atoms with Gasteiger partial charge >= 0.3 is 0 Å². The summed E-state index contributed by atoms with van der Waals surface area (Å²) >= 11 is 0.